The van der Waals surface area contributed by atoms with Crippen molar-refractivity contribution in [1.29, 1.82) is 0 Å². The summed E-state index contributed by atoms with van der Waals surface area (Å²) in [5.41, 5.74) is 0. The Morgan fingerprint density at radius 2 is 1.72 bits per heavy atom. The first-order chi connectivity index (χ1) is 8.56. The van der Waals surface area contributed by atoms with Gasteiger partial charge in [0, 0.05) is 0 Å². The number of allylic oxidation sites excluding steroid dienone is 2. The third-order valence-corrected chi connectivity index (χ3v) is 2.43. The molecule has 0 aromatic carbocycles. The summed E-state index contributed by atoms with van der Waals surface area (Å²) in [5, 5.41) is 46.1. The summed E-state index contributed by atoms with van der Waals surface area (Å²) in [7, 11) is 0. The summed E-state index contributed by atoms with van der Waals surface area (Å²) in [6.07, 6.45) is -0.528. The summed E-state index contributed by atoms with van der Waals surface area (Å²) in [6.45, 7) is -1.01. The van der Waals surface area contributed by atoms with E-state index in [2.05, 4.69) is 0 Å². The monoisotopic (exact) mass is 262 g/mol. The van der Waals surface area contributed by atoms with Crippen molar-refractivity contribution in [1.82, 2.24) is 0 Å². The number of aliphatic hydroxyl groups excluding tert-OH is 5. The molecule has 104 valence electrons. The van der Waals surface area contributed by atoms with Crippen LogP contribution in [0.15, 0.2) is 24.5 Å². The smallest absolute Gasteiger partial charge is 0.219 e. The molecular formula is C11H18O7. The fraction of sp³-hybridized carbons (Fsp3) is 0.636. The van der Waals surface area contributed by atoms with Gasteiger partial charge in [0.2, 0.25) is 6.29 Å². The molecule has 1 aliphatic heterocycles. The van der Waals surface area contributed by atoms with Crippen LogP contribution in [-0.4, -0.2) is 69.5 Å². The van der Waals surface area contributed by atoms with Crippen LogP contribution in [0, 0.1) is 0 Å². The maximum atomic E-state index is 9.54. The molecule has 0 bridgehead atoms. The van der Waals surface area contributed by atoms with Gasteiger partial charge in [-0.05, 0) is 12.2 Å². The van der Waals surface area contributed by atoms with Crippen LogP contribution in [-0.2, 0) is 9.47 Å². The molecule has 0 radical (unpaired) electrons. The van der Waals surface area contributed by atoms with Crippen LogP contribution in [0.3, 0.4) is 0 Å². The van der Waals surface area contributed by atoms with Gasteiger partial charge in [0.1, 0.15) is 24.4 Å². The molecule has 1 aliphatic rings. The van der Waals surface area contributed by atoms with Crippen molar-refractivity contribution >= 4 is 0 Å². The number of hydrogen-bond acceptors (Lipinski definition) is 7. The van der Waals surface area contributed by atoms with Gasteiger partial charge in [-0.3, -0.25) is 0 Å². The largest absolute Gasteiger partial charge is 0.469 e. The molecule has 5 N–H and O–H groups in total. The van der Waals surface area contributed by atoms with Gasteiger partial charge in [0.05, 0.1) is 19.5 Å². The van der Waals surface area contributed by atoms with Crippen molar-refractivity contribution < 1.29 is 35.0 Å². The maximum Gasteiger partial charge on any atom is 0.219 e. The van der Waals surface area contributed by atoms with Crippen LogP contribution in [0.1, 0.15) is 0 Å². The fourth-order valence-electron chi connectivity index (χ4n) is 1.32. The minimum absolute atomic E-state index is 0.292. The molecule has 5 atom stereocenters. The van der Waals surface area contributed by atoms with Crippen molar-refractivity contribution in [2.75, 3.05) is 13.2 Å². The molecular weight excluding hydrogens is 244 g/mol. The molecule has 0 aromatic heterocycles. The second-order valence-corrected chi connectivity index (χ2v) is 3.85. The lowest BCUT2D eigenvalue weighted by molar-refractivity contribution is -0.153. The van der Waals surface area contributed by atoms with Crippen molar-refractivity contribution in [3.8, 4) is 0 Å². The standard InChI is InChI=1S/C11H18O7/c12-5-7(13)10(15)11(16)8(14)6-18-9-3-1-2-4-17-9/h1-4,7-16H,5-6H2. The van der Waals surface area contributed by atoms with Gasteiger partial charge in [-0.1, -0.05) is 6.08 Å². The first kappa shape index (κ1) is 15.1. The zero-order valence-corrected chi connectivity index (χ0v) is 9.66. The van der Waals surface area contributed by atoms with Crippen LogP contribution < -0.4 is 0 Å². The number of hydrogen-bond donors (Lipinski definition) is 5. The highest BCUT2D eigenvalue weighted by molar-refractivity contribution is 5.05. The Morgan fingerprint density at radius 3 is 2.28 bits per heavy atom. The average molecular weight is 262 g/mol. The first-order valence-electron chi connectivity index (χ1n) is 5.49. The zero-order chi connectivity index (χ0) is 13.5. The second-order valence-electron chi connectivity index (χ2n) is 3.85. The van der Waals surface area contributed by atoms with Gasteiger partial charge < -0.3 is 35.0 Å². The molecule has 0 fully saturated rings. The van der Waals surface area contributed by atoms with E-state index >= 15 is 0 Å². The molecule has 0 spiro atoms. The molecule has 0 saturated heterocycles. The summed E-state index contributed by atoms with van der Waals surface area (Å²) in [4.78, 5) is 0. The van der Waals surface area contributed by atoms with E-state index in [0.717, 1.165) is 0 Å². The topological polar surface area (TPSA) is 120 Å². The first-order valence-corrected chi connectivity index (χ1v) is 5.49. The molecule has 0 saturated carbocycles. The SMILES string of the molecule is OCC(O)C(O)C(O)C(O)COC1C=CC=CO1. The highest BCUT2D eigenvalue weighted by Gasteiger charge is 2.30. The normalized spacial score (nSPS) is 25.3. The van der Waals surface area contributed by atoms with Crippen molar-refractivity contribution in [3.63, 3.8) is 0 Å². The third kappa shape index (κ3) is 4.37. The van der Waals surface area contributed by atoms with E-state index in [4.69, 9.17) is 19.7 Å². The lowest BCUT2D eigenvalue weighted by atomic mass is 10.0. The number of aliphatic hydroxyl groups is 5. The molecule has 18 heavy (non-hydrogen) atoms. The highest BCUT2D eigenvalue weighted by Crippen LogP contribution is 2.09. The van der Waals surface area contributed by atoms with Crippen LogP contribution >= 0.6 is 0 Å². The van der Waals surface area contributed by atoms with E-state index in [1.807, 2.05) is 0 Å². The third-order valence-electron chi connectivity index (χ3n) is 2.43. The van der Waals surface area contributed by atoms with Gasteiger partial charge in [0.15, 0.2) is 0 Å². The minimum atomic E-state index is -1.66. The summed E-state index contributed by atoms with van der Waals surface area (Å²) < 4.78 is 10.1. The number of ether oxygens (including phenoxy) is 2. The Kier molecular flexibility index (Phi) is 6.27. The predicted molar refractivity (Wildman–Crippen MR) is 60.2 cm³/mol. The van der Waals surface area contributed by atoms with Crippen molar-refractivity contribution in [2.24, 2.45) is 0 Å². The van der Waals surface area contributed by atoms with E-state index in [0.29, 0.717) is 0 Å². The zero-order valence-electron chi connectivity index (χ0n) is 9.66. The predicted octanol–water partition coefficient (Wildman–Crippen LogP) is -2.13. The molecule has 1 rings (SSSR count). The Bertz CT molecular complexity index is 291. The molecule has 0 aromatic rings. The molecule has 7 nitrogen and oxygen atoms in total. The van der Waals surface area contributed by atoms with Crippen LogP contribution in [0.4, 0.5) is 0 Å². The summed E-state index contributed by atoms with van der Waals surface area (Å²) in [5.74, 6) is 0. The van der Waals surface area contributed by atoms with E-state index in [-0.39, 0.29) is 6.61 Å². The molecule has 0 aliphatic carbocycles. The minimum Gasteiger partial charge on any atom is -0.469 e. The number of rotatable bonds is 7. The Morgan fingerprint density at radius 1 is 1.06 bits per heavy atom. The lowest BCUT2D eigenvalue weighted by Crippen LogP contribution is -2.47. The molecule has 5 unspecified atom stereocenters. The van der Waals surface area contributed by atoms with Gasteiger partial charge in [-0.15, -0.1) is 0 Å². The van der Waals surface area contributed by atoms with Crippen LogP contribution in [0.2, 0.25) is 0 Å². The van der Waals surface area contributed by atoms with Gasteiger partial charge in [-0.2, -0.15) is 0 Å². The second kappa shape index (κ2) is 7.47. The van der Waals surface area contributed by atoms with E-state index in [1.165, 1.54) is 6.26 Å². The fourth-order valence-corrected chi connectivity index (χ4v) is 1.32. The van der Waals surface area contributed by atoms with Crippen LogP contribution in [0.5, 0.6) is 0 Å². The average Bonchev–Trinajstić information content (AvgIpc) is 2.43. The van der Waals surface area contributed by atoms with Crippen LogP contribution in [0.25, 0.3) is 0 Å². The quantitative estimate of drug-likeness (QED) is 0.355. The van der Waals surface area contributed by atoms with Crippen molar-refractivity contribution in [2.45, 2.75) is 30.7 Å². The van der Waals surface area contributed by atoms with Gasteiger partial charge >= 0.3 is 0 Å². The Hall–Kier alpha value is -0.960. The van der Waals surface area contributed by atoms with E-state index in [9.17, 15) is 15.3 Å². The lowest BCUT2D eigenvalue weighted by Gasteiger charge is -2.26. The summed E-state index contributed by atoms with van der Waals surface area (Å²) in [6, 6.07) is 0. The summed E-state index contributed by atoms with van der Waals surface area (Å²) >= 11 is 0. The van der Waals surface area contributed by atoms with Gasteiger partial charge in [-0.25, -0.2) is 0 Å². The Balaban J connectivity index is 2.33. The van der Waals surface area contributed by atoms with E-state index in [1.54, 1.807) is 18.2 Å². The molecule has 1 heterocycles. The molecule has 7 heteroatoms. The molecule has 0 amide bonds. The maximum absolute atomic E-state index is 9.54. The van der Waals surface area contributed by atoms with E-state index < -0.39 is 37.3 Å². The Labute approximate surface area is 104 Å². The highest BCUT2D eigenvalue weighted by atomic mass is 16.7. The van der Waals surface area contributed by atoms with Crippen molar-refractivity contribution in [3.05, 3.63) is 24.5 Å². The van der Waals surface area contributed by atoms with Gasteiger partial charge in [0.25, 0.3) is 0 Å².